The van der Waals surface area contributed by atoms with Gasteiger partial charge in [0.1, 0.15) is 12.4 Å². The van der Waals surface area contributed by atoms with Crippen molar-refractivity contribution in [2.75, 3.05) is 0 Å². The summed E-state index contributed by atoms with van der Waals surface area (Å²) >= 11 is 3.45. The normalized spacial score (nSPS) is 15.9. The summed E-state index contributed by atoms with van der Waals surface area (Å²) in [4.78, 5) is 24.9. The van der Waals surface area contributed by atoms with Gasteiger partial charge in [0.05, 0.1) is 11.1 Å². The molecule has 3 aromatic rings. The van der Waals surface area contributed by atoms with Crippen LogP contribution >= 0.6 is 15.9 Å². The first-order chi connectivity index (χ1) is 16.0. The number of carboxylic acids is 1. The molecule has 0 heterocycles. The van der Waals surface area contributed by atoms with Crippen molar-refractivity contribution >= 4 is 27.7 Å². The molecule has 1 N–H and O–H groups in total. The van der Waals surface area contributed by atoms with Crippen molar-refractivity contribution in [2.45, 2.75) is 58.0 Å². The molecule has 176 valence electrons. The number of ether oxygens (including phenoxy) is 1. The third-order valence-electron chi connectivity index (χ3n) is 6.90. The Hall–Kier alpha value is -2.92. The molecule has 5 heteroatoms. The lowest BCUT2D eigenvalue weighted by molar-refractivity contribution is 0.0696. The van der Waals surface area contributed by atoms with Crippen LogP contribution in [0.15, 0.2) is 65.1 Å². The second-order valence-corrected chi connectivity index (χ2v) is 11.2. The number of hydrogen-bond donors (Lipinski definition) is 1. The number of benzene rings is 3. The Morgan fingerprint density at radius 3 is 1.94 bits per heavy atom. The number of carbonyl (C=O) groups is 2. The summed E-state index contributed by atoms with van der Waals surface area (Å²) < 4.78 is 7.26. The highest BCUT2D eigenvalue weighted by Crippen LogP contribution is 2.48. The second-order valence-electron chi connectivity index (χ2n) is 10.3. The Balaban J connectivity index is 1.79. The van der Waals surface area contributed by atoms with E-state index in [0.29, 0.717) is 23.5 Å². The van der Waals surface area contributed by atoms with Crippen molar-refractivity contribution < 1.29 is 19.4 Å². The zero-order valence-corrected chi connectivity index (χ0v) is 21.5. The van der Waals surface area contributed by atoms with Crippen molar-refractivity contribution in [3.8, 4) is 5.75 Å². The van der Waals surface area contributed by atoms with E-state index in [1.807, 2.05) is 36.4 Å². The zero-order chi connectivity index (χ0) is 24.7. The number of halogens is 1. The van der Waals surface area contributed by atoms with Crippen LogP contribution in [-0.4, -0.2) is 16.9 Å². The first kappa shape index (κ1) is 24.2. The number of hydrogen-bond acceptors (Lipinski definition) is 3. The fourth-order valence-electron chi connectivity index (χ4n) is 4.55. The minimum atomic E-state index is -1.02. The first-order valence-electron chi connectivity index (χ1n) is 11.4. The minimum absolute atomic E-state index is 0.0225. The number of carboxylic acid groups (broad SMARTS) is 1. The van der Waals surface area contributed by atoms with Crippen LogP contribution in [0.2, 0.25) is 0 Å². The molecule has 0 saturated heterocycles. The highest BCUT2D eigenvalue weighted by atomic mass is 79.9. The zero-order valence-electron chi connectivity index (χ0n) is 19.9. The lowest BCUT2D eigenvalue weighted by Gasteiger charge is -2.42. The van der Waals surface area contributed by atoms with E-state index in [1.54, 1.807) is 12.1 Å². The van der Waals surface area contributed by atoms with E-state index in [4.69, 9.17) is 4.74 Å². The quantitative estimate of drug-likeness (QED) is 0.346. The highest BCUT2D eigenvalue weighted by Gasteiger charge is 2.38. The van der Waals surface area contributed by atoms with Crippen molar-refractivity contribution in [3.05, 3.63) is 98.5 Å². The van der Waals surface area contributed by atoms with Gasteiger partial charge in [-0.15, -0.1) is 0 Å². The fraction of sp³-hybridized carbons (Fsp3) is 0.310. The van der Waals surface area contributed by atoms with Crippen LogP contribution in [0.5, 0.6) is 5.75 Å². The van der Waals surface area contributed by atoms with Crippen LogP contribution in [-0.2, 0) is 17.4 Å². The summed E-state index contributed by atoms with van der Waals surface area (Å²) in [5.74, 6) is -0.639. The summed E-state index contributed by atoms with van der Waals surface area (Å²) in [5.41, 5.74) is 4.40. The number of ketones is 1. The molecule has 0 radical (unpaired) electrons. The predicted molar refractivity (Wildman–Crippen MR) is 137 cm³/mol. The maximum Gasteiger partial charge on any atom is 0.335 e. The summed E-state index contributed by atoms with van der Waals surface area (Å²) in [7, 11) is 0. The Kier molecular flexibility index (Phi) is 6.43. The van der Waals surface area contributed by atoms with E-state index >= 15 is 0 Å². The average molecular weight is 521 g/mol. The van der Waals surface area contributed by atoms with Gasteiger partial charge in [0.15, 0.2) is 5.78 Å². The van der Waals surface area contributed by atoms with Gasteiger partial charge in [-0.3, -0.25) is 4.79 Å². The van der Waals surface area contributed by atoms with Crippen molar-refractivity contribution in [1.82, 2.24) is 0 Å². The van der Waals surface area contributed by atoms with Gasteiger partial charge in [0, 0.05) is 10.0 Å². The van der Waals surface area contributed by atoms with Crippen LogP contribution in [0.3, 0.4) is 0 Å². The van der Waals surface area contributed by atoms with Crippen LogP contribution in [0.25, 0.3) is 0 Å². The molecular formula is C29H29BrO4. The smallest absolute Gasteiger partial charge is 0.335 e. The van der Waals surface area contributed by atoms with Crippen LogP contribution in [0.4, 0.5) is 0 Å². The van der Waals surface area contributed by atoms with Crippen LogP contribution < -0.4 is 4.74 Å². The van der Waals surface area contributed by atoms with E-state index in [0.717, 1.165) is 22.9 Å². The van der Waals surface area contributed by atoms with Gasteiger partial charge in [-0.25, -0.2) is 4.79 Å². The fourth-order valence-corrected chi connectivity index (χ4v) is 4.82. The van der Waals surface area contributed by atoms with Gasteiger partial charge in [-0.2, -0.15) is 0 Å². The molecule has 1 aliphatic rings. The van der Waals surface area contributed by atoms with Crippen molar-refractivity contribution in [3.63, 3.8) is 0 Å². The molecular weight excluding hydrogens is 492 g/mol. The Labute approximate surface area is 209 Å². The number of rotatable bonds is 6. The summed E-state index contributed by atoms with van der Waals surface area (Å²) in [6, 6.07) is 18.0. The van der Waals surface area contributed by atoms with Gasteiger partial charge in [0.2, 0.25) is 0 Å². The lowest BCUT2D eigenvalue weighted by Crippen LogP contribution is -2.34. The van der Waals surface area contributed by atoms with E-state index in [1.165, 1.54) is 23.3 Å². The SMILES string of the molecule is CC1(C)CCC(C)(C)c2cc(C(=O)c3ccc(C(=O)O)cc3)c(OCc3ccc(Br)cc3)cc21. The molecule has 0 amide bonds. The molecule has 4 rings (SSSR count). The molecule has 4 nitrogen and oxygen atoms in total. The topological polar surface area (TPSA) is 63.6 Å². The van der Waals surface area contributed by atoms with Crippen molar-refractivity contribution in [2.24, 2.45) is 0 Å². The van der Waals surface area contributed by atoms with Gasteiger partial charge in [0.25, 0.3) is 0 Å². The maximum atomic E-state index is 13.6. The summed E-state index contributed by atoms with van der Waals surface area (Å²) in [6.45, 7) is 9.27. The maximum absolute atomic E-state index is 13.6. The molecule has 34 heavy (non-hydrogen) atoms. The molecule has 0 aromatic heterocycles. The van der Waals surface area contributed by atoms with Crippen LogP contribution in [0.1, 0.15) is 83.5 Å². The second kappa shape index (κ2) is 9.03. The monoisotopic (exact) mass is 520 g/mol. The molecule has 0 unspecified atom stereocenters. The van der Waals surface area contributed by atoms with E-state index in [-0.39, 0.29) is 22.2 Å². The van der Waals surface area contributed by atoms with E-state index < -0.39 is 5.97 Å². The average Bonchev–Trinajstić information content (AvgIpc) is 2.81. The molecule has 0 bridgehead atoms. The molecule has 1 aliphatic carbocycles. The standard InChI is InChI=1S/C29H29BrO4/c1-28(2)13-14-29(3,4)24-16-25(34-17-18-5-11-21(30)12-6-18)22(15-23(24)28)26(31)19-7-9-20(10-8-19)27(32)33/h5-12,15-16H,13-14,17H2,1-4H3,(H,32,33). The lowest BCUT2D eigenvalue weighted by atomic mass is 9.62. The van der Waals surface area contributed by atoms with Crippen LogP contribution in [0, 0.1) is 0 Å². The Morgan fingerprint density at radius 2 is 1.38 bits per heavy atom. The Morgan fingerprint density at radius 1 is 0.853 bits per heavy atom. The van der Waals surface area contributed by atoms with Gasteiger partial charge < -0.3 is 9.84 Å². The van der Waals surface area contributed by atoms with E-state index in [9.17, 15) is 14.7 Å². The van der Waals surface area contributed by atoms with Gasteiger partial charge >= 0.3 is 5.97 Å². The molecule has 0 spiro atoms. The highest BCUT2D eigenvalue weighted by molar-refractivity contribution is 9.10. The van der Waals surface area contributed by atoms with Crippen molar-refractivity contribution in [1.29, 1.82) is 0 Å². The molecule has 0 saturated carbocycles. The first-order valence-corrected chi connectivity index (χ1v) is 12.2. The Bertz CT molecular complexity index is 1240. The molecule has 0 atom stereocenters. The molecule has 3 aromatic carbocycles. The van der Waals surface area contributed by atoms with Gasteiger partial charge in [-0.05, 0) is 76.8 Å². The molecule has 0 aliphatic heterocycles. The minimum Gasteiger partial charge on any atom is -0.488 e. The molecule has 0 fully saturated rings. The predicted octanol–water partition coefficient (Wildman–Crippen LogP) is 7.31. The summed E-state index contributed by atoms with van der Waals surface area (Å²) in [5, 5.41) is 9.20. The van der Waals surface area contributed by atoms with E-state index in [2.05, 4.69) is 43.6 Å². The third-order valence-corrected chi connectivity index (χ3v) is 7.43. The van der Waals surface area contributed by atoms with Gasteiger partial charge in [-0.1, -0.05) is 67.9 Å². The number of fused-ring (bicyclic) bond motifs is 1. The number of carbonyl (C=O) groups excluding carboxylic acids is 1. The third kappa shape index (κ3) is 4.80. The number of aromatic carboxylic acids is 1. The largest absolute Gasteiger partial charge is 0.488 e. The summed E-state index contributed by atoms with van der Waals surface area (Å²) in [6.07, 6.45) is 2.09.